The lowest BCUT2D eigenvalue weighted by molar-refractivity contribution is 0.0949. The molecule has 2 aromatic carbocycles. The molecule has 2 heterocycles. The Bertz CT molecular complexity index is 1230. The predicted molar refractivity (Wildman–Crippen MR) is 106 cm³/mol. The zero-order valence-corrected chi connectivity index (χ0v) is 15.2. The van der Waals surface area contributed by atoms with Gasteiger partial charge < -0.3 is 15.0 Å². The minimum Gasteiger partial charge on any atom is -0.502 e. The molecule has 4 rings (SSSR count). The quantitative estimate of drug-likeness (QED) is 0.574. The van der Waals surface area contributed by atoms with E-state index < -0.39 is 17.2 Å². The number of aromatic hydroxyl groups is 1. The molecule has 0 unspecified atom stereocenters. The van der Waals surface area contributed by atoms with Crippen molar-refractivity contribution in [2.75, 3.05) is 0 Å². The molecule has 0 aliphatic heterocycles. The molecule has 0 atom stereocenters. The Morgan fingerprint density at radius 2 is 1.82 bits per heavy atom. The van der Waals surface area contributed by atoms with Crippen molar-refractivity contribution >= 4 is 16.8 Å². The van der Waals surface area contributed by atoms with Crippen LogP contribution in [0.4, 0.5) is 0 Å². The van der Waals surface area contributed by atoms with Crippen molar-refractivity contribution in [2.24, 2.45) is 7.05 Å². The van der Waals surface area contributed by atoms with Gasteiger partial charge in [-0.1, -0.05) is 36.4 Å². The molecular formula is C21H18N4O3. The van der Waals surface area contributed by atoms with Gasteiger partial charge in [0.1, 0.15) is 0 Å². The third-order valence-electron chi connectivity index (χ3n) is 4.62. The van der Waals surface area contributed by atoms with Gasteiger partial charge in [0.15, 0.2) is 5.75 Å². The highest BCUT2D eigenvalue weighted by molar-refractivity contribution is 6.08. The first-order chi connectivity index (χ1) is 13.6. The molecule has 140 valence electrons. The molecular weight excluding hydrogens is 356 g/mol. The molecule has 0 aliphatic rings. The van der Waals surface area contributed by atoms with Crippen molar-refractivity contribution in [3.8, 4) is 11.4 Å². The van der Waals surface area contributed by atoms with Crippen molar-refractivity contribution in [3.05, 3.63) is 88.5 Å². The summed E-state index contributed by atoms with van der Waals surface area (Å²) in [5.74, 6) is -1.07. The summed E-state index contributed by atoms with van der Waals surface area (Å²) in [6, 6.07) is 16.6. The molecule has 2 aromatic heterocycles. The van der Waals surface area contributed by atoms with E-state index in [4.69, 9.17) is 0 Å². The smallest absolute Gasteiger partial charge is 0.293 e. The molecule has 0 spiro atoms. The lowest BCUT2D eigenvalue weighted by Gasteiger charge is -2.12. The number of benzene rings is 2. The number of fused-ring (bicyclic) bond motifs is 1. The molecule has 28 heavy (non-hydrogen) atoms. The number of amides is 1. The molecule has 7 nitrogen and oxygen atoms in total. The van der Waals surface area contributed by atoms with Gasteiger partial charge in [0.05, 0.1) is 23.0 Å². The van der Waals surface area contributed by atoms with Crippen LogP contribution in [-0.2, 0) is 13.6 Å². The summed E-state index contributed by atoms with van der Waals surface area (Å²) in [5, 5.41) is 17.9. The van der Waals surface area contributed by atoms with Gasteiger partial charge in [-0.3, -0.25) is 9.59 Å². The molecule has 1 amide bonds. The maximum atomic E-state index is 12.7. The SMILES string of the molecule is Cn1c(=O)c(O)c(C(=O)NCc2cnn(-c3ccccc3)c2)c2ccccc21. The Labute approximate surface area is 160 Å². The Hall–Kier alpha value is -3.87. The van der Waals surface area contributed by atoms with E-state index in [9.17, 15) is 14.7 Å². The second kappa shape index (κ2) is 7.03. The summed E-state index contributed by atoms with van der Waals surface area (Å²) in [7, 11) is 1.56. The Morgan fingerprint density at radius 3 is 2.61 bits per heavy atom. The third-order valence-corrected chi connectivity index (χ3v) is 4.62. The molecule has 4 aromatic rings. The van der Waals surface area contributed by atoms with Gasteiger partial charge in [-0.05, 0) is 18.2 Å². The summed E-state index contributed by atoms with van der Waals surface area (Å²) in [6.07, 6.45) is 3.48. The van der Waals surface area contributed by atoms with E-state index in [1.165, 1.54) is 4.57 Å². The van der Waals surface area contributed by atoms with Crippen LogP contribution in [0.15, 0.2) is 71.8 Å². The second-order valence-electron chi connectivity index (χ2n) is 6.42. The largest absolute Gasteiger partial charge is 0.502 e. The summed E-state index contributed by atoms with van der Waals surface area (Å²) in [5.41, 5.74) is 1.65. The minimum atomic E-state index is -0.610. The number of rotatable bonds is 4. The van der Waals surface area contributed by atoms with Gasteiger partial charge in [0.2, 0.25) is 0 Å². The Balaban J connectivity index is 1.60. The van der Waals surface area contributed by atoms with E-state index in [2.05, 4.69) is 10.4 Å². The maximum Gasteiger partial charge on any atom is 0.293 e. The fraction of sp³-hybridized carbons (Fsp3) is 0.0952. The number of aromatic nitrogens is 3. The highest BCUT2D eigenvalue weighted by Crippen LogP contribution is 2.23. The van der Waals surface area contributed by atoms with E-state index in [1.54, 1.807) is 42.2 Å². The normalized spacial score (nSPS) is 10.9. The molecule has 0 radical (unpaired) electrons. The van der Waals surface area contributed by atoms with Crippen molar-refractivity contribution < 1.29 is 9.90 Å². The predicted octanol–water partition coefficient (Wildman–Crippen LogP) is 2.36. The number of aryl methyl sites for hydroxylation is 1. The van der Waals surface area contributed by atoms with Gasteiger partial charge in [-0.2, -0.15) is 5.10 Å². The van der Waals surface area contributed by atoms with Gasteiger partial charge >= 0.3 is 0 Å². The number of carbonyl (C=O) groups excluding carboxylic acids is 1. The van der Waals surface area contributed by atoms with Crippen molar-refractivity contribution in [1.29, 1.82) is 0 Å². The first-order valence-corrected chi connectivity index (χ1v) is 8.74. The van der Waals surface area contributed by atoms with Crippen LogP contribution in [0.5, 0.6) is 5.75 Å². The Morgan fingerprint density at radius 1 is 1.11 bits per heavy atom. The number of hydrogen-bond acceptors (Lipinski definition) is 4. The van der Waals surface area contributed by atoms with Gasteiger partial charge in [-0.25, -0.2) is 4.68 Å². The number of para-hydroxylation sites is 2. The van der Waals surface area contributed by atoms with Crippen LogP contribution < -0.4 is 10.9 Å². The summed E-state index contributed by atoms with van der Waals surface area (Å²) < 4.78 is 3.04. The minimum absolute atomic E-state index is 0.0193. The first kappa shape index (κ1) is 17.5. The lowest BCUT2D eigenvalue weighted by atomic mass is 10.1. The van der Waals surface area contributed by atoms with E-state index in [1.807, 2.05) is 36.5 Å². The summed E-state index contributed by atoms with van der Waals surface area (Å²) in [4.78, 5) is 25.0. The molecule has 7 heteroatoms. The van der Waals surface area contributed by atoms with Crippen molar-refractivity contribution in [3.63, 3.8) is 0 Å². The summed E-state index contributed by atoms with van der Waals surface area (Å²) in [6.45, 7) is 0.217. The molecule has 0 saturated carbocycles. The highest BCUT2D eigenvalue weighted by Gasteiger charge is 2.20. The first-order valence-electron chi connectivity index (χ1n) is 8.74. The number of pyridine rings is 1. The fourth-order valence-corrected chi connectivity index (χ4v) is 3.15. The molecule has 0 fully saturated rings. The zero-order chi connectivity index (χ0) is 19.7. The molecule has 0 saturated heterocycles. The monoisotopic (exact) mass is 374 g/mol. The lowest BCUT2D eigenvalue weighted by Crippen LogP contribution is -2.27. The van der Waals surface area contributed by atoms with Gasteiger partial charge in [-0.15, -0.1) is 0 Å². The topological polar surface area (TPSA) is 89.2 Å². The fourth-order valence-electron chi connectivity index (χ4n) is 3.15. The maximum absolute atomic E-state index is 12.7. The van der Waals surface area contributed by atoms with Crippen molar-refractivity contribution in [1.82, 2.24) is 19.7 Å². The van der Waals surface area contributed by atoms with Crippen molar-refractivity contribution in [2.45, 2.75) is 6.54 Å². The average Bonchev–Trinajstić information content (AvgIpc) is 3.20. The standard InChI is InChI=1S/C21H18N4O3/c1-24-17-10-6-5-9-16(17)18(19(26)21(24)28)20(27)22-11-14-12-23-25(13-14)15-7-3-2-4-8-15/h2-10,12-13,26H,11H2,1H3,(H,22,27). The van der Waals surface area contributed by atoms with Crippen LogP contribution in [-0.4, -0.2) is 25.4 Å². The highest BCUT2D eigenvalue weighted by atomic mass is 16.3. The number of nitrogens with one attached hydrogen (secondary N) is 1. The van der Waals surface area contributed by atoms with E-state index in [0.717, 1.165) is 11.3 Å². The molecule has 0 bridgehead atoms. The van der Waals surface area contributed by atoms with Crippen LogP contribution >= 0.6 is 0 Å². The van der Waals surface area contributed by atoms with Gasteiger partial charge in [0.25, 0.3) is 11.5 Å². The Kier molecular flexibility index (Phi) is 4.41. The van der Waals surface area contributed by atoms with Crippen LogP contribution in [0.25, 0.3) is 16.6 Å². The number of nitrogens with zero attached hydrogens (tertiary/aromatic N) is 3. The summed E-state index contributed by atoms with van der Waals surface area (Å²) >= 11 is 0. The number of hydrogen-bond donors (Lipinski definition) is 2. The second-order valence-corrected chi connectivity index (χ2v) is 6.42. The molecule has 2 N–H and O–H groups in total. The van der Waals surface area contributed by atoms with E-state index >= 15 is 0 Å². The van der Waals surface area contributed by atoms with Crippen LogP contribution in [0.3, 0.4) is 0 Å². The van der Waals surface area contributed by atoms with E-state index in [0.29, 0.717) is 10.9 Å². The average molecular weight is 374 g/mol. The van der Waals surface area contributed by atoms with E-state index in [-0.39, 0.29) is 12.1 Å². The number of carbonyl (C=O) groups is 1. The van der Waals surface area contributed by atoms with Gasteiger partial charge in [0, 0.05) is 30.7 Å². The van der Waals surface area contributed by atoms with Crippen LogP contribution in [0.1, 0.15) is 15.9 Å². The van der Waals surface area contributed by atoms with Crippen LogP contribution in [0.2, 0.25) is 0 Å². The zero-order valence-electron chi connectivity index (χ0n) is 15.2. The van der Waals surface area contributed by atoms with Crippen LogP contribution in [0, 0.1) is 0 Å². The third kappa shape index (κ3) is 3.03. The molecule has 0 aliphatic carbocycles.